The van der Waals surface area contributed by atoms with E-state index in [0.717, 1.165) is 12.0 Å². The third kappa shape index (κ3) is 4.36. The molecule has 0 aliphatic carbocycles. The molecule has 0 aromatic rings. The molecule has 2 nitrogen and oxygen atoms in total. The molecule has 1 atom stereocenters. The van der Waals surface area contributed by atoms with Gasteiger partial charge in [0.15, 0.2) is 0 Å². The number of hydrogen-bond donors (Lipinski definition) is 1. The van der Waals surface area contributed by atoms with Gasteiger partial charge < -0.3 is 9.29 Å². The number of alkyl halides is 1. The molecule has 0 aliphatic rings. The molecule has 0 unspecified atom stereocenters. The summed E-state index contributed by atoms with van der Waals surface area (Å²) in [5.74, 6) is 0. The van der Waals surface area contributed by atoms with E-state index in [1.165, 1.54) is 0 Å². The first-order chi connectivity index (χ1) is 3.81. The van der Waals surface area contributed by atoms with Gasteiger partial charge in [0.2, 0.25) is 0 Å². The van der Waals surface area contributed by atoms with Gasteiger partial charge >= 0.3 is 0 Å². The second kappa shape index (κ2) is 5.34. The van der Waals surface area contributed by atoms with Crippen molar-refractivity contribution in [3.05, 3.63) is 0 Å². The van der Waals surface area contributed by atoms with Crippen LogP contribution in [0.4, 0.5) is 4.39 Å². The van der Waals surface area contributed by atoms with Gasteiger partial charge in [-0.2, -0.15) is 0 Å². The Morgan fingerprint density at radius 2 is 2.50 bits per heavy atom. The van der Waals surface area contributed by atoms with E-state index >= 15 is 0 Å². The van der Waals surface area contributed by atoms with Crippen molar-refractivity contribution in [3.8, 4) is 0 Å². The van der Waals surface area contributed by atoms with E-state index < -0.39 is 12.8 Å². The van der Waals surface area contributed by atoms with Gasteiger partial charge in [0.25, 0.3) is 0 Å². The highest BCUT2D eigenvalue weighted by molar-refractivity contribution is 7.93. The van der Waals surface area contributed by atoms with Crippen LogP contribution in [0.3, 0.4) is 0 Å². The molecule has 0 rings (SSSR count). The molecule has 0 saturated carbocycles. The zero-order chi connectivity index (χ0) is 6.41. The summed E-state index contributed by atoms with van der Waals surface area (Å²) in [6, 6.07) is 0. The van der Waals surface area contributed by atoms with Crippen LogP contribution in [0.1, 0.15) is 0 Å². The smallest absolute Gasteiger partial charge is 0.118 e. The van der Waals surface area contributed by atoms with Gasteiger partial charge in [-0.05, 0) is 12.0 Å². The molecule has 0 spiro atoms. The lowest BCUT2D eigenvalue weighted by molar-refractivity contribution is 0.0935. The Kier molecular flexibility index (Phi) is 5.47. The minimum atomic E-state index is -0.956. The minimum absolute atomic E-state index is 0.0671. The van der Waals surface area contributed by atoms with Crippen molar-refractivity contribution in [1.29, 1.82) is 0 Å². The summed E-state index contributed by atoms with van der Waals surface area (Å²) in [5, 5.41) is 8.48. The van der Waals surface area contributed by atoms with Gasteiger partial charge in [-0.15, -0.1) is 0 Å². The van der Waals surface area contributed by atoms with E-state index in [-0.39, 0.29) is 6.61 Å². The lowest BCUT2D eigenvalue weighted by atomic mass is 10.4. The predicted molar refractivity (Wildman–Crippen MR) is 31.4 cm³/mol. The normalized spacial score (nSPS) is 13.9. The second-order valence-corrected chi connectivity index (χ2v) is 1.83. The van der Waals surface area contributed by atoms with Crippen LogP contribution in [0.25, 0.3) is 0 Å². The van der Waals surface area contributed by atoms with Crippen molar-refractivity contribution < 1.29 is 13.7 Å². The lowest BCUT2D eigenvalue weighted by Crippen LogP contribution is -2.14. The van der Waals surface area contributed by atoms with Gasteiger partial charge in [-0.1, -0.05) is 0 Å². The largest absolute Gasteiger partial charge is 0.388 e. The zero-order valence-electron chi connectivity index (χ0n) is 4.63. The average molecular weight is 140 g/mol. The Bertz CT molecular complexity index is 53.3. The van der Waals surface area contributed by atoms with E-state index in [0.29, 0.717) is 0 Å². The third-order valence-electron chi connectivity index (χ3n) is 0.556. The number of hydrogen-bond acceptors (Lipinski definition) is 3. The minimum Gasteiger partial charge on any atom is -0.388 e. The Labute approximate surface area is 52.2 Å². The third-order valence-corrected chi connectivity index (χ3v) is 0.928. The molecule has 0 aromatic heterocycles. The maximum absolute atomic E-state index is 11.4. The van der Waals surface area contributed by atoms with Gasteiger partial charge in [0.05, 0.1) is 6.61 Å². The van der Waals surface area contributed by atoms with E-state index in [9.17, 15) is 4.39 Å². The fourth-order valence-corrected chi connectivity index (χ4v) is 0.484. The fraction of sp³-hybridized carbons (Fsp3) is 1.00. The summed E-state index contributed by atoms with van der Waals surface area (Å²) in [4.78, 5) is 0. The first kappa shape index (κ1) is 8.20. The van der Waals surface area contributed by atoms with Gasteiger partial charge in [0.1, 0.15) is 12.8 Å². The summed E-state index contributed by atoms with van der Waals surface area (Å²) in [6.45, 7) is -0.668. The summed E-state index contributed by atoms with van der Waals surface area (Å²) >= 11 is 1.12. The van der Waals surface area contributed by atoms with Crippen LogP contribution in [0.2, 0.25) is 0 Å². The second-order valence-electron chi connectivity index (χ2n) is 1.26. The van der Waals surface area contributed by atoms with Crippen molar-refractivity contribution in [2.75, 3.05) is 19.5 Å². The SMILES string of the molecule is CSOC[C@H](O)CF. The van der Waals surface area contributed by atoms with E-state index in [2.05, 4.69) is 4.18 Å². The average Bonchev–Trinajstić information content (AvgIpc) is 1.83. The highest BCUT2D eigenvalue weighted by atomic mass is 32.2. The molecule has 1 N–H and O–H groups in total. The molecule has 0 aromatic carbocycles. The van der Waals surface area contributed by atoms with Gasteiger partial charge in [-0.25, -0.2) is 4.39 Å². The number of rotatable bonds is 4. The molecule has 0 saturated heterocycles. The lowest BCUT2D eigenvalue weighted by Gasteiger charge is -2.02. The van der Waals surface area contributed by atoms with E-state index in [4.69, 9.17) is 5.11 Å². The van der Waals surface area contributed by atoms with Crippen molar-refractivity contribution >= 4 is 12.0 Å². The number of aliphatic hydroxyl groups excluding tert-OH is 1. The molecule has 0 radical (unpaired) electrons. The Hall–Kier alpha value is 0.200. The molecule has 0 amide bonds. The molecule has 0 bridgehead atoms. The first-order valence-electron chi connectivity index (χ1n) is 2.21. The zero-order valence-corrected chi connectivity index (χ0v) is 5.45. The van der Waals surface area contributed by atoms with Crippen LogP contribution < -0.4 is 0 Å². The summed E-state index contributed by atoms with van der Waals surface area (Å²) in [5.41, 5.74) is 0. The van der Waals surface area contributed by atoms with Crippen LogP contribution in [0.5, 0.6) is 0 Å². The molecular weight excluding hydrogens is 131 g/mol. The summed E-state index contributed by atoms with van der Waals surface area (Å²) in [6.07, 6.45) is 0.757. The van der Waals surface area contributed by atoms with Crippen LogP contribution >= 0.6 is 12.0 Å². The quantitative estimate of drug-likeness (QED) is 0.580. The maximum atomic E-state index is 11.4. The molecule has 0 aliphatic heterocycles. The highest BCUT2D eigenvalue weighted by Gasteiger charge is 2.00. The van der Waals surface area contributed by atoms with Crippen molar-refractivity contribution in [2.45, 2.75) is 6.10 Å². The van der Waals surface area contributed by atoms with Crippen molar-refractivity contribution in [2.24, 2.45) is 0 Å². The molecule has 8 heavy (non-hydrogen) atoms. The topological polar surface area (TPSA) is 29.5 Å². The maximum Gasteiger partial charge on any atom is 0.118 e. The van der Waals surface area contributed by atoms with Crippen LogP contribution in [-0.2, 0) is 4.18 Å². The van der Waals surface area contributed by atoms with Crippen LogP contribution in [0.15, 0.2) is 0 Å². The molecule has 0 heterocycles. The number of halogens is 1. The Morgan fingerprint density at radius 1 is 1.88 bits per heavy atom. The first-order valence-corrected chi connectivity index (χ1v) is 3.36. The summed E-state index contributed by atoms with van der Waals surface area (Å²) < 4.78 is 16.0. The standard InChI is InChI=1S/C4H9FO2S/c1-8-7-3-4(6)2-5/h4,6H,2-3H2,1H3/t4-/m1/s1. The van der Waals surface area contributed by atoms with Gasteiger partial charge in [-0.3, -0.25) is 0 Å². The van der Waals surface area contributed by atoms with Crippen molar-refractivity contribution in [3.63, 3.8) is 0 Å². The predicted octanol–water partition coefficient (Wildman–Crippen LogP) is 0.611. The Morgan fingerprint density at radius 3 is 2.88 bits per heavy atom. The van der Waals surface area contributed by atoms with Crippen molar-refractivity contribution in [1.82, 2.24) is 0 Å². The van der Waals surface area contributed by atoms with E-state index in [1.807, 2.05) is 0 Å². The van der Waals surface area contributed by atoms with Crippen LogP contribution in [-0.4, -0.2) is 30.7 Å². The van der Waals surface area contributed by atoms with E-state index in [1.54, 1.807) is 6.26 Å². The highest BCUT2D eigenvalue weighted by Crippen LogP contribution is 1.96. The Balaban J connectivity index is 2.86. The number of aliphatic hydroxyl groups is 1. The molecule has 0 fully saturated rings. The molecule has 50 valence electrons. The molecule has 4 heteroatoms. The van der Waals surface area contributed by atoms with Gasteiger partial charge in [0, 0.05) is 6.26 Å². The fourth-order valence-electron chi connectivity index (χ4n) is 0.191. The molecular formula is C4H9FO2S. The summed E-state index contributed by atoms with van der Waals surface area (Å²) in [7, 11) is 0. The van der Waals surface area contributed by atoms with Crippen LogP contribution in [0, 0.1) is 0 Å². The monoisotopic (exact) mass is 140 g/mol.